The van der Waals surface area contributed by atoms with Gasteiger partial charge in [0.1, 0.15) is 0 Å². The molecule has 4 heteroatoms. The molecule has 108 valence electrons. The Morgan fingerprint density at radius 2 is 1.80 bits per heavy atom. The van der Waals surface area contributed by atoms with Gasteiger partial charge in [-0.15, -0.1) is 0 Å². The molecule has 1 heterocycles. The largest absolute Gasteiger partial charge is 0.322 e. The number of amides is 2. The molecule has 2 amide bonds. The normalized spacial score (nSPS) is 19.4. The van der Waals surface area contributed by atoms with Crippen molar-refractivity contribution >= 4 is 11.8 Å². The Morgan fingerprint density at radius 3 is 2.30 bits per heavy atom. The molecule has 1 aliphatic heterocycles. The molecule has 1 fully saturated rings. The van der Waals surface area contributed by atoms with Crippen LogP contribution in [0.4, 0.5) is 0 Å². The van der Waals surface area contributed by atoms with Crippen molar-refractivity contribution in [1.29, 1.82) is 0 Å². The highest BCUT2D eigenvalue weighted by atomic mass is 16.2. The van der Waals surface area contributed by atoms with Gasteiger partial charge in [-0.05, 0) is 18.4 Å². The molecule has 0 aromatic heterocycles. The molecule has 1 aromatic carbocycles. The topological polar surface area (TPSA) is 63.4 Å². The third-order valence-electron chi connectivity index (χ3n) is 4.45. The van der Waals surface area contributed by atoms with Crippen LogP contribution in [0, 0.1) is 5.41 Å². The van der Waals surface area contributed by atoms with Crippen LogP contribution in [0.5, 0.6) is 0 Å². The van der Waals surface area contributed by atoms with E-state index in [2.05, 4.69) is 0 Å². The Morgan fingerprint density at radius 1 is 1.20 bits per heavy atom. The zero-order valence-electron chi connectivity index (χ0n) is 12.1. The second kappa shape index (κ2) is 5.75. The first-order valence-electron chi connectivity index (χ1n) is 7.19. The predicted molar refractivity (Wildman–Crippen MR) is 77.7 cm³/mol. The second-order valence-electron chi connectivity index (χ2n) is 5.49. The van der Waals surface area contributed by atoms with Gasteiger partial charge in [0.25, 0.3) is 0 Å². The van der Waals surface area contributed by atoms with E-state index < -0.39 is 5.41 Å². The molecular formula is C16H22N2O2. The molecule has 0 radical (unpaired) electrons. The van der Waals surface area contributed by atoms with Crippen molar-refractivity contribution in [2.75, 3.05) is 6.54 Å². The van der Waals surface area contributed by atoms with Crippen LogP contribution < -0.4 is 5.73 Å². The molecule has 1 atom stereocenters. The van der Waals surface area contributed by atoms with Crippen LogP contribution in [0.15, 0.2) is 30.3 Å². The maximum Gasteiger partial charge on any atom is 0.235 e. The van der Waals surface area contributed by atoms with Gasteiger partial charge in [-0.25, -0.2) is 0 Å². The third-order valence-corrected chi connectivity index (χ3v) is 4.45. The molecule has 2 N–H and O–H groups in total. The fourth-order valence-corrected chi connectivity index (χ4v) is 2.85. The number of rotatable bonds is 5. The number of nitrogens with zero attached hydrogens (tertiary/aromatic N) is 1. The van der Waals surface area contributed by atoms with E-state index in [0.717, 1.165) is 5.56 Å². The van der Waals surface area contributed by atoms with Gasteiger partial charge in [-0.3, -0.25) is 14.5 Å². The average Bonchev–Trinajstić information content (AvgIpc) is 2.72. The summed E-state index contributed by atoms with van der Waals surface area (Å²) in [6.07, 6.45) is 1.72. The molecule has 0 aliphatic carbocycles. The highest BCUT2D eigenvalue weighted by Gasteiger charge is 2.49. The SMILES string of the molecule is CCC1(CC)CC(=O)N(CC(N)c2ccccc2)C1=O. The molecular weight excluding hydrogens is 252 g/mol. The lowest BCUT2D eigenvalue weighted by atomic mass is 9.81. The zero-order valence-corrected chi connectivity index (χ0v) is 12.1. The Labute approximate surface area is 119 Å². The predicted octanol–water partition coefficient (Wildman–Crippen LogP) is 2.25. The number of hydrogen-bond donors (Lipinski definition) is 1. The number of nitrogens with two attached hydrogens (primary N) is 1. The van der Waals surface area contributed by atoms with Gasteiger partial charge in [0, 0.05) is 19.0 Å². The molecule has 1 aliphatic rings. The van der Waals surface area contributed by atoms with Crippen LogP contribution in [-0.2, 0) is 9.59 Å². The maximum atomic E-state index is 12.5. The third kappa shape index (κ3) is 2.48. The molecule has 0 spiro atoms. The summed E-state index contributed by atoms with van der Waals surface area (Å²) in [6, 6.07) is 9.25. The van der Waals surface area contributed by atoms with E-state index in [1.807, 2.05) is 44.2 Å². The molecule has 20 heavy (non-hydrogen) atoms. The number of hydrogen-bond acceptors (Lipinski definition) is 3. The number of carbonyl (C=O) groups excluding carboxylic acids is 2. The van der Waals surface area contributed by atoms with Crippen molar-refractivity contribution in [3.8, 4) is 0 Å². The Hall–Kier alpha value is -1.68. The van der Waals surface area contributed by atoms with Crippen molar-refractivity contribution in [3.63, 3.8) is 0 Å². The van der Waals surface area contributed by atoms with Crippen molar-refractivity contribution in [1.82, 2.24) is 4.90 Å². The summed E-state index contributed by atoms with van der Waals surface area (Å²) in [4.78, 5) is 26.0. The molecule has 2 rings (SSSR count). The molecule has 4 nitrogen and oxygen atoms in total. The summed E-state index contributed by atoms with van der Waals surface area (Å²) in [5.41, 5.74) is 6.56. The molecule has 1 unspecified atom stereocenters. The van der Waals surface area contributed by atoms with Crippen LogP contribution in [-0.4, -0.2) is 23.3 Å². The standard InChI is InChI=1S/C16H22N2O2/c1-3-16(4-2)10-14(19)18(15(16)20)11-13(17)12-8-6-5-7-9-12/h5-9,13H,3-4,10-11,17H2,1-2H3. The molecule has 0 bridgehead atoms. The number of carbonyl (C=O) groups is 2. The maximum absolute atomic E-state index is 12.5. The summed E-state index contributed by atoms with van der Waals surface area (Å²) in [5, 5.41) is 0. The smallest absolute Gasteiger partial charge is 0.235 e. The lowest BCUT2D eigenvalue weighted by Crippen LogP contribution is -2.39. The van der Waals surface area contributed by atoms with E-state index in [0.29, 0.717) is 19.3 Å². The van der Waals surface area contributed by atoms with E-state index in [1.165, 1.54) is 4.90 Å². The molecule has 1 aromatic rings. The number of imide groups is 1. The lowest BCUT2D eigenvalue weighted by Gasteiger charge is -2.25. The fourth-order valence-electron chi connectivity index (χ4n) is 2.85. The van der Waals surface area contributed by atoms with Gasteiger partial charge >= 0.3 is 0 Å². The van der Waals surface area contributed by atoms with Crippen LogP contribution in [0.1, 0.15) is 44.7 Å². The first-order valence-corrected chi connectivity index (χ1v) is 7.19. The van der Waals surface area contributed by atoms with Crippen LogP contribution in [0.3, 0.4) is 0 Å². The van der Waals surface area contributed by atoms with E-state index in [9.17, 15) is 9.59 Å². The van der Waals surface area contributed by atoms with Crippen molar-refractivity contribution < 1.29 is 9.59 Å². The monoisotopic (exact) mass is 274 g/mol. The molecule has 1 saturated heterocycles. The van der Waals surface area contributed by atoms with Crippen LogP contribution >= 0.6 is 0 Å². The second-order valence-corrected chi connectivity index (χ2v) is 5.49. The first-order chi connectivity index (χ1) is 9.54. The molecule has 0 saturated carbocycles. The van der Waals surface area contributed by atoms with Gasteiger partial charge in [0.15, 0.2) is 0 Å². The van der Waals surface area contributed by atoms with Crippen molar-refractivity contribution in [2.45, 2.75) is 39.2 Å². The first kappa shape index (κ1) is 14.7. The van der Waals surface area contributed by atoms with Gasteiger partial charge in [0.2, 0.25) is 11.8 Å². The van der Waals surface area contributed by atoms with Gasteiger partial charge < -0.3 is 5.73 Å². The summed E-state index contributed by atoms with van der Waals surface area (Å²) in [6.45, 7) is 4.20. The average molecular weight is 274 g/mol. The minimum atomic E-state index is -0.506. The van der Waals surface area contributed by atoms with Crippen LogP contribution in [0.25, 0.3) is 0 Å². The van der Waals surface area contributed by atoms with Crippen molar-refractivity contribution in [2.24, 2.45) is 11.1 Å². The number of likely N-dealkylation sites (tertiary alicyclic amines) is 1. The van der Waals surface area contributed by atoms with Gasteiger partial charge in [-0.2, -0.15) is 0 Å². The quantitative estimate of drug-likeness (QED) is 0.838. The van der Waals surface area contributed by atoms with E-state index in [4.69, 9.17) is 5.73 Å². The Kier molecular flexibility index (Phi) is 4.23. The zero-order chi connectivity index (χ0) is 14.8. The van der Waals surface area contributed by atoms with Gasteiger partial charge in [0.05, 0.1) is 5.41 Å². The lowest BCUT2D eigenvalue weighted by molar-refractivity contribution is -0.141. The summed E-state index contributed by atoms with van der Waals surface area (Å²) in [7, 11) is 0. The minimum absolute atomic E-state index is 0.0566. The highest BCUT2D eigenvalue weighted by molar-refractivity contribution is 6.05. The Balaban J connectivity index is 2.14. The summed E-state index contributed by atoms with van der Waals surface area (Å²) < 4.78 is 0. The van der Waals surface area contributed by atoms with E-state index in [1.54, 1.807) is 0 Å². The van der Waals surface area contributed by atoms with E-state index >= 15 is 0 Å². The van der Waals surface area contributed by atoms with Crippen LogP contribution in [0.2, 0.25) is 0 Å². The summed E-state index contributed by atoms with van der Waals surface area (Å²) in [5.74, 6) is -0.149. The minimum Gasteiger partial charge on any atom is -0.322 e. The Bertz CT molecular complexity index is 494. The van der Waals surface area contributed by atoms with E-state index in [-0.39, 0.29) is 24.4 Å². The summed E-state index contributed by atoms with van der Waals surface area (Å²) >= 11 is 0. The van der Waals surface area contributed by atoms with Gasteiger partial charge in [-0.1, -0.05) is 44.2 Å². The van der Waals surface area contributed by atoms with Crippen molar-refractivity contribution in [3.05, 3.63) is 35.9 Å². The number of benzene rings is 1. The fraction of sp³-hybridized carbons (Fsp3) is 0.500. The highest BCUT2D eigenvalue weighted by Crippen LogP contribution is 2.39.